The number of rotatable bonds is 7. The molecule has 0 spiro atoms. The first kappa shape index (κ1) is 21.6. The summed E-state index contributed by atoms with van der Waals surface area (Å²) in [5, 5.41) is 11.2. The number of carbonyl (C=O) groups excluding carboxylic acids is 1. The average Bonchev–Trinajstić information content (AvgIpc) is 3.55. The van der Waals surface area contributed by atoms with Gasteiger partial charge < -0.3 is 10.1 Å². The molecule has 2 atom stereocenters. The van der Waals surface area contributed by atoms with Gasteiger partial charge in [-0.2, -0.15) is 5.10 Å². The summed E-state index contributed by atoms with van der Waals surface area (Å²) in [7, 11) is 1.72. The molecule has 0 saturated carbocycles. The van der Waals surface area contributed by atoms with Crippen LogP contribution in [0.4, 0.5) is 10.6 Å². The molecule has 8 heteroatoms. The second-order valence-corrected chi connectivity index (χ2v) is 8.72. The van der Waals surface area contributed by atoms with Crippen LogP contribution in [0.2, 0.25) is 0 Å². The first-order valence-corrected chi connectivity index (χ1v) is 11.6. The molecule has 2 amide bonds. The number of benzene rings is 1. The third kappa shape index (κ3) is 4.62. The number of nitrogens with zero attached hydrogens (tertiary/aromatic N) is 4. The first-order chi connectivity index (χ1) is 16.2. The molecule has 0 bridgehead atoms. The molecule has 1 aromatic carbocycles. The largest absolute Gasteiger partial charge is 0.383 e. The number of para-hydroxylation sites is 1. The van der Waals surface area contributed by atoms with Crippen LogP contribution < -0.4 is 10.6 Å². The van der Waals surface area contributed by atoms with E-state index in [9.17, 15) is 4.79 Å². The molecule has 3 heterocycles. The van der Waals surface area contributed by atoms with Crippen LogP contribution in [0.1, 0.15) is 29.2 Å². The van der Waals surface area contributed by atoms with Crippen LogP contribution in [-0.4, -0.2) is 65.1 Å². The molecule has 0 radical (unpaired) electrons. The maximum absolute atomic E-state index is 13.2. The molecule has 1 saturated heterocycles. The summed E-state index contributed by atoms with van der Waals surface area (Å²) < 4.78 is 7.13. The van der Waals surface area contributed by atoms with E-state index in [1.54, 1.807) is 7.11 Å². The number of carbonyl (C=O) groups is 1. The second kappa shape index (κ2) is 9.72. The van der Waals surface area contributed by atoms with E-state index in [0.717, 1.165) is 61.7 Å². The summed E-state index contributed by atoms with van der Waals surface area (Å²) >= 11 is 0. The van der Waals surface area contributed by atoms with Crippen LogP contribution in [0.25, 0.3) is 5.69 Å². The minimum absolute atomic E-state index is 0.00889. The lowest BCUT2D eigenvalue weighted by Gasteiger charge is -2.21. The number of nitrogens with one attached hydrogen (secondary N) is 2. The number of fused-ring (bicyclic) bond motifs is 1. The predicted octanol–water partition coefficient (Wildman–Crippen LogP) is 2.99. The molecule has 3 aromatic rings. The molecule has 1 aliphatic heterocycles. The molecular formula is C25H30N6O2. The highest BCUT2D eigenvalue weighted by molar-refractivity contribution is 5.90. The van der Waals surface area contributed by atoms with Gasteiger partial charge in [-0.1, -0.05) is 18.2 Å². The van der Waals surface area contributed by atoms with Gasteiger partial charge in [0.15, 0.2) is 0 Å². The molecule has 8 nitrogen and oxygen atoms in total. The molecule has 2 aromatic heterocycles. The maximum Gasteiger partial charge on any atom is 0.320 e. The Morgan fingerprint density at radius 2 is 1.94 bits per heavy atom. The number of aromatic nitrogens is 3. The third-order valence-corrected chi connectivity index (χ3v) is 6.60. The van der Waals surface area contributed by atoms with E-state index in [4.69, 9.17) is 9.84 Å². The van der Waals surface area contributed by atoms with E-state index in [0.29, 0.717) is 6.61 Å². The minimum Gasteiger partial charge on any atom is -0.383 e. The smallest absolute Gasteiger partial charge is 0.320 e. The van der Waals surface area contributed by atoms with Crippen LogP contribution in [0.15, 0.2) is 54.9 Å². The van der Waals surface area contributed by atoms with Gasteiger partial charge in [-0.3, -0.25) is 15.2 Å². The molecular weight excluding hydrogens is 416 g/mol. The van der Waals surface area contributed by atoms with Gasteiger partial charge in [0.25, 0.3) is 0 Å². The van der Waals surface area contributed by atoms with Crippen molar-refractivity contribution in [2.45, 2.75) is 31.2 Å². The van der Waals surface area contributed by atoms with Crippen molar-refractivity contribution in [3.63, 3.8) is 0 Å². The van der Waals surface area contributed by atoms with Crippen LogP contribution in [-0.2, 0) is 17.6 Å². The lowest BCUT2D eigenvalue weighted by molar-refractivity contribution is 0.159. The van der Waals surface area contributed by atoms with Gasteiger partial charge in [-0.25, -0.2) is 9.48 Å². The Hall–Kier alpha value is -3.23. The Bertz CT molecular complexity index is 1090. The second-order valence-electron chi connectivity index (χ2n) is 8.72. The van der Waals surface area contributed by atoms with E-state index in [1.807, 2.05) is 59.5 Å². The molecule has 5 rings (SSSR count). The molecule has 2 aliphatic rings. The molecule has 1 fully saturated rings. The highest BCUT2D eigenvalue weighted by Gasteiger charge is 2.35. The summed E-state index contributed by atoms with van der Waals surface area (Å²) in [6.45, 7) is 3.16. The fraction of sp³-hybridized carbons (Fsp3) is 0.400. The number of likely N-dealkylation sites (tertiary alicyclic amines) is 1. The summed E-state index contributed by atoms with van der Waals surface area (Å²) in [5.74, 6) is 0.973. The van der Waals surface area contributed by atoms with Crippen molar-refractivity contribution >= 4 is 11.8 Å². The van der Waals surface area contributed by atoms with Crippen LogP contribution >= 0.6 is 0 Å². The molecule has 33 heavy (non-hydrogen) atoms. The van der Waals surface area contributed by atoms with Gasteiger partial charge in [0, 0.05) is 50.6 Å². The topological polar surface area (TPSA) is 84.3 Å². The number of hydrogen-bond acceptors (Lipinski definition) is 5. The molecule has 172 valence electrons. The van der Waals surface area contributed by atoms with Crippen molar-refractivity contribution in [1.82, 2.24) is 25.0 Å². The summed E-state index contributed by atoms with van der Waals surface area (Å²) in [6.07, 6.45) is 6.58. The van der Waals surface area contributed by atoms with Crippen molar-refractivity contribution in [1.29, 1.82) is 0 Å². The Morgan fingerprint density at radius 3 is 2.73 bits per heavy atom. The number of pyridine rings is 1. The Kier molecular flexibility index (Phi) is 6.37. The number of amides is 2. The molecule has 1 unspecified atom stereocenters. The van der Waals surface area contributed by atoms with Crippen molar-refractivity contribution in [2.24, 2.45) is 0 Å². The number of urea groups is 1. The quantitative estimate of drug-likeness (QED) is 0.583. The van der Waals surface area contributed by atoms with Crippen molar-refractivity contribution in [3.05, 3.63) is 71.7 Å². The number of aryl methyl sites for hydroxylation is 1. The van der Waals surface area contributed by atoms with Gasteiger partial charge in [-0.15, -0.1) is 0 Å². The Morgan fingerprint density at radius 1 is 1.12 bits per heavy atom. The summed E-state index contributed by atoms with van der Waals surface area (Å²) in [6, 6.07) is 13.8. The van der Waals surface area contributed by atoms with Crippen molar-refractivity contribution < 1.29 is 9.53 Å². The van der Waals surface area contributed by atoms with E-state index in [1.165, 1.54) is 5.56 Å². The average molecular weight is 447 g/mol. The monoisotopic (exact) mass is 446 g/mol. The van der Waals surface area contributed by atoms with Gasteiger partial charge in [0.05, 0.1) is 24.0 Å². The zero-order chi connectivity index (χ0) is 22.6. The van der Waals surface area contributed by atoms with Crippen molar-refractivity contribution in [2.75, 3.05) is 38.7 Å². The maximum atomic E-state index is 13.2. The summed E-state index contributed by atoms with van der Waals surface area (Å²) in [4.78, 5) is 19.7. The van der Waals surface area contributed by atoms with Gasteiger partial charge >= 0.3 is 6.03 Å². The number of methoxy groups -OCH3 is 1. The minimum atomic E-state index is -0.195. The number of hydrogen-bond donors (Lipinski definition) is 2. The first-order valence-electron chi connectivity index (χ1n) is 11.6. The van der Waals surface area contributed by atoms with E-state index >= 15 is 0 Å². The predicted molar refractivity (Wildman–Crippen MR) is 127 cm³/mol. The molecule has 2 N–H and O–H groups in total. The Labute approximate surface area is 194 Å². The van der Waals surface area contributed by atoms with Crippen molar-refractivity contribution in [3.8, 4) is 5.69 Å². The van der Waals surface area contributed by atoms with Gasteiger partial charge in [0.1, 0.15) is 5.82 Å². The SMILES string of the molecule is COCCN1CC(c2ccncc2)[C@H](NC(=O)Nc2c3c(nn2-c2ccccc2)CCC3)C1. The van der Waals surface area contributed by atoms with E-state index < -0.39 is 0 Å². The van der Waals surface area contributed by atoms with Crippen LogP contribution in [0.5, 0.6) is 0 Å². The van der Waals surface area contributed by atoms with E-state index in [2.05, 4.69) is 20.5 Å². The lowest BCUT2D eigenvalue weighted by Crippen LogP contribution is -2.42. The van der Waals surface area contributed by atoms with Crippen LogP contribution in [0, 0.1) is 0 Å². The fourth-order valence-electron chi connectivity index (χ4n) is 4.97. The highest BCUT2D eigenvalue weighted by Crippen LogP contribution is 2.31. The lowest BCUT2D eigenvalue weighted by atomic mass is 9.95. The van der Waals surface area contributed by atoms with E-state index in [-0.39, 0.29) is 18.0 Å². The fourth-order valence-corrected chi connectivity index (χ4v) is 4.97. The standard InChI is InChI=1S/C25H30N6O2/c1-33-15-14-30-16-21(18-10-12-26-13-11-18)23(17-30)27-25(32)28-24-20-8-5-9-22(20)29-31(24)19-6-3-2-4-7-19/h2-4,6-7,10-13,21,23H,5,8-9,14-17H2,1H3,(H2,27,28,32)/t21?,23-/m1/s1. The van der Waals surface area contributed by atoms with Gasteiger partial charge in [-0.05, 0) is 49.1 Å². The van der Waals surface area contributed by atoms with Crippen LogP contribution in [0.3, 0.4) is 0 Å². The Balaban J connectivity index is 1.35. The zero-order valence-electron chi connectivity index (χ0n) is 18.9. The number of ether oxygens (including phenoxy) is 1. The normalized spacial score (nSPS) is 20.0. The zero-order valence-corrected chi connectivity index (χ0v) is 18.9. The highest BCUT2D eigenvalue weighted by atomic mass is 16.5. The third-order valence-electron chi connectivity index (χ3n) is 6.60. The molecule has 1 aliphatic carbocycles. The number of anilines is 1. The summed E-state index contributed by atoms with van der Waals surface area (Å²) in [5.41, 5.74) is 4.36. The van der Waals surface area contributed by atoms with Gasteiger partial charge in [0.2, 0.25) is 0 Å².